The highest BCUT2D eigenvalue weighted by atomic mass is 32.1. The molecular formula is C14H18S. The molecule has 2 rings (SSSR count). The number of hydrogen-bond acceptors (Lipinski definition) is 0. The van der Waals surface area contributed by atoms with Crippen LogP contribution < -0.4 is 0 Å². The van der Waals surface area contributed by atoms with Crippen LogP contribution >= 0.6 is 13.5 Å². The van der Waals surface area contributed by atoms with Gasteiger partial charge in [0.15, 0.2) is 0 Å². The smallest absolute Gasteiger partial charge is 0.0187 e. The van der Waals surface area contributed by atoms with Gasteiger partial charge in [-0.25, -0.2) is 0 Å². The Bertz CT molecular complexity index is 357. The number of rotatable bonds is 2. The standard InChI is InChI=1S/C14H16.H2S/c1-2-12-8-10-14(11-9-12)13-6-4-3-5-7-13;/h4,6-11H,2-3,5H2,1H3;1H2. The Labute approximate surface area is 99.2 Å². The molecule has 15 heavy (non-hydrogen) atoms. The first-order valence-corrected chi connectivity index (χ1v) is 5.36. The van der Waals surface area contributed by atoms with Gasteiger partial charge in [0.2, 0.25) is 0 Å². The Hall–Kier alpha value is -0.950. The van der Waals surface area contributed by atoms with Gasteiger partial charge in [-0.2, -0.15) is 13.5 Å². The predicted molar refractivity (Wildman–Crippen MR) is 72.6 cm³/mol. The quantitative estimate of drug-likeness (QED) is 0.701. The lowest BCUT2D eigenvalue weighted by Crippen LogP contribution is -1.86. The Morgan fingerprint density at radius 3 is 2.33 bits per heavy atom. The lowest BCUT2D eigenvalue weighted by molar-refractivity contribution is 1.04. The number of hydrogen-bond donors (Lipinski definition) is 0. The van der Waals surface area contributed by atoms with Crippen molar-refractivity contribution >= 4 is 19.1 Å². The minimum atomic E-state index is 0. The summed E-state index contributed by atoms with van der Waals surface area (Å²) in [6.45, 7) is 2.19. The molecule has 0 radical (unpaired) electrons. The maximum absolute atomic E-state index is 2.32. The van der Waals surface area contributed by atoms with Crippen molar-refractivity contribution in [2.24, 2.45) is 0 Å². The molecule has 0 heterocycles. The van der Waals surface area contributed by atoms with E-state index in [1.54, 1.807) is 0 Å². The minimum Gasteiger partial charge on any atom is -0.197 e. The molecule has 0 spiro atoms. The summed E-state index contributed by atoms with van der Waals surface area (Å²) in [6.07, 6.45) is 10.3. The van der Waals surface area contributed by atoms with E-state index >= 15 is 0 Å². The van der Waals surface area contributed by atoms with Crippen molar-refractivity contribution in [1.29, 1.82) is 0 Å². The summed E-state index contributed by atoms with van der Waals surface area (Å²) in [7, 11) is 0. The van der Waals surface area contributed by atoms with Crippen LogP contribution in [-0.4, -0.2) is 0 Å². The van der Waals surface area contributed by atoms with Gasteiger partial charge < -0.3 is 0 Å². The van der Waals surface area contributed by atoms with Gasteiger partial charge in [0.1, 0.15) is 0 Å². The van der Waals surface area contributed by atoms with Gasteiger partial charge in [-0.05, 0) is 36.0 Å². The predicted octanol–water partition coefficient (Wildman–Crippen LogP) is 4.10. The van der Waals surface area contributed by atoms with Crippen LogP contribution in [0.5, 0.6) is 0 Å². The van der Waals surface area contributed by atoms with E-state index in [9.17, 15) is 0 Å². The van der Waals surface area contributed by atoms with Crippen molar-refractivity contribution in [3.8, 4) is 0 Å². The van der Waals surface area contributed by atoms with E-state index in [4.69, 9.17) is 0 Å². The zero-order valence-corrected chi connectivity index (χ0v) is 10.2. The molecule has 1 aliphatic rings. The third kappa shape index (κ3) is 3.00. The molecule has 0 bridgehead atoms. The molecule has 1 aromatic rings. The van der Waals surface area contributed by atoms with Crippen LogP contribution in [0.3, 0.4) is 0 Å². The molecule has 1 aliphatic carbocycles. The second-order valence-corrected chi connectivity index (χ2v) is 3.69. The van der Waals surface area contributed by atoms with Crippen LogP contribution in [0, 0.1) is 0 Å². The molecule has 0 fully saturated rings. The van der Waals surface area contributed by atoms with E-state index in [0.29, 0.717) is 0 Å². The maximum atomic E-state index is 2.32. The summed E-state index contributed by atoms with van der Waals surface area (Å²) < 4.78 is 0. The van der Waals surface area contributed by atoms with E-state index in [0.717, 1.165) is 6.42 Å². The van der Waals surface area contributed by atoms with Crippen LogP contribution in [0.1, 0.15) is 30.9 Å². The van der Waals surface area contributed by atoms with Crippen LogP contribution in [0.4, 0.5) is 0 Å². The average Bonchev–Trinajstić information content (AvgIpc) is 2.30. The van der Waals surface area contributed by atoms with Crippen molar-refractivity contribution in [3.63, 3.8) is 0 Å². The topological polar surface area (TPSA) is 0 Å². The molecule has 0 saturated heterocycles. The zero-order chi connectivity index (χ0) is 9.80. The highest BCUT2D eigenvalue weighted by Gasteiger charge is 2.00. The number of aryl methyl sites for hydroxylation is 1. The average molecular weight is 218 g/mol. The summed E-state index contributed by atoms with van der Waals surface area (Å²) in [5.41, 5.74) is 4.13. The third-order valence-corrected chi connectivity index (χ3v) is 2.69. The van der Waals surface area contributed by atoms with Gasteiger partial charge in [-0.3, -0.25) is 0 Å². The van der Waals surface area contributed by atoms with Crippen molar-refractivity contribution in [3.05, 3.63) is 53.6 Å². The van der Waals surface area contributed by atoms with Gasteiger partial charge in [0.05, 0.1) is 0 Å². The highest BCUT2D eigenvalue weighted by molar-refractivity contribution is 7.59. The first-order valence-electron chi connectivity index (χ1n) is 5.36. The van der Waals surface area contributed by atoms with Crippen molar-refractivity contribution in [1.82, 2.24) is 0 Å². The van der Waals surface area contributed by atoms with Crippen LogP contribution in [0.2, 0.25) is 0 Å². The van der Waals surface area contributed by atoms with Gasteiger partial charge in [-0.1, -0.05) is 49.4 Å². The molecule has 0 nitrogen and oxygen atoms in total. The summed E-state index contributed by atoms with van der Waals surface area (Å²) in [5, 5.41) is 0. The van der Waals surface area contributed by atoms with Gasteiger partial charge in [-0.15, -0.1) is 0 Å². The Morgan fingerprint density at radius 2 is 1.80 bits per heavy atom. The fourth-order valence-corrected chi connectivity index (χ4v) is 1.76. The van der Waals surface area contributed by atoms with E-state index in [1.165, 1.54) is 29.5 Å². The van der Waals surface area contributed by atoms with Crippen LogP contribution in [0.25, 0.3) is 5.57 Å². The van der Waals surface area contributed by atoms with E-state index < -0.39 is 0 Å². The Balaban J connectivity index is 0.00000112. The van der Waals surface area contributed by atoms with E-state index in [2.05, 4.69) is 49.4 Å². The molecule has 0 amide bonds. The highest BCUT2D eigenvalue weighted by Crippen LogP contribution is 2.21. The molecule has 0 atom stereocenters. The first kappa shape index (κ1) is 12.1. The van der Waals surface area contributed by atoms with Crippen LogP contribution in [-0.2, 0) is 6.42 Å². The van der Waals surface area contributed by atoms with Crippen molar-refractivity contribution < 1.29 is 0 Å². The normalized spacial score (nSPS) is 14.3. The van der Waals surface area contributed by atoms with E-state index in [-0.39, 0.29) is 13.5 Å². The molecule has 1 heteroatoms. The molecule has 0 saturated carbocycles. The Morgan fingerprint density at radius 1 is 1.07 bits per heavy atom. The summed E-state index contributed by atoms with van der Waals surface area (Å²) >= 11 is 0. The fourth-order valence-electron chi connectivity index (χ4n) is 1.76. The number of benzene rings is 1. The summed E-state index contributed by atoms with van der Waals surface area (Å²) in [5.74, 6) is 0. The lowest BCUT2D eigenvalue weighted by atomic mass is 9.98. The second-order valence-electron chi connectivity index (χ2n) is 3.69. The molecule has 0 N–H and O–H groups in total. The maximum Gasteiger partial charge on any atom is -0.0187 e. The minimum absolute atomic E-state index is 0. The lowest BCUT2D eigenvalue weighted by Gasteiger charge is -2.07. The van der Waals surface area contributed by atoms with Crippen molar-refractivity contribution in [2.75, 3.05) is 0 Å². The molecule has 0 aromatic heterocycles. The Kier molecular flexibility index (Phi) is 4.70. The number of allylic oxidation sites excluding steroid dienone is 4. The SMILES string of the molecule is CCc1ccc(C2=CCCC=C2)cc1.S. The zero-order valence-electron chi connectivity index (χ0n) is 9.16. The fraction of sp³-hybridized carbons (Fsp3) is 0.286. The van der Waals surface area contributed by atoms with E-state index in [1.807, 2.05) is 0 Å². The van der Waals surface area contributed by atoms with Gasteiger partial charge in [0.25, 0.3) is 0 Å². The second kappa shape index (κ2) is 5.82. The van der Waals surface area contributed by atoms with Gasteiger partial charge in [0, 0.05) is 0 Å². The summed E-state index contributed by atoms with van der Waals surface area (Å²) in [6, 6.07) is 8.89. The molecule has 0 unspecified atom stereocenters. The molecule has 1 aromatic carbocycles. The monoisotopic (exact) mass is 218 g/mol. The molecule has 80 valence electrons. The summed E-state index contributed by atoms with van der Waals surface area (Å²) in [4.78, 5) is 0. The molecule has 0 aliphatic heterocycles. The van der Waals surface area contributed by atoms with Gasteiger partial charge >= 0.3 is 0 Å². The third-order valence-electron chi connectivity index (χ3n) is 2.69. The largest absolute Gasteiger partial charge is 0.197 e. The first-order chi connectivity index (χ1) is 6.90. The molecular weight excluding hydrogens is 200 g/mol. The van der Waals surface area contributed by atoms with Crippen molar-refractivity contribution in [2.45, 2.75) is 26.2 Å². The van der Waals surface area contributed by atoms with Crippen LogP contribution in [0.15, 0.2) is 42.5 Å².